The molecular weight excluding hydrogens is 216 g/mol. The molecule has 96 valence electrons. The van der Waals surface area contributed by atoms with E-state index in [0.29, 0.717) is 5.91 Å². The van der Waals surface area contributed by atoms with Gasteiger partial charge in [-0.1, -0.05) is 6.42 Å². The lowest BCUT2D eigenvalue weighted by Gasteiger charge is -2.21. The van der Waals surface area contributed by atoms with Crippen LogP contribution >= 0.6 is 0 Å². The zero-order valence-electron chi connectivity index (χ0n) is 10.5. The zero-order valence-corrected chi connectivity index (χ0v) is 10.5. The van der Waals surface area contributed by atoms with Gasteiger partial charge in [0.15, 0.2) is 0 Å². The molecule has 1 saturated carbocycles. The Hall–Kier alpha value is -0.610. The molecule has 0 aromatic carbocycles. The van der Waals surface area contributed by atoms with Crippen molar-refractivity contribution < 1.29 is 9.53 Å². The van der Waals surface area contributed by atoms with E-state index in [1.54, 1.807) is 7.11 Å². The minimum Gasteiger partial charge on any atom is -0.380 e. The molecule has 1 N–H and O–H groups in total. The first kappa shape index (κ1) is 11.5. The third-order valence-electron chi connectivity index (χ3n) is 4.76. The van der Waals surface area contributed by atoms with Crippen molar-refractivity contribution in [2.45, 2.75) is 37.8 Å². The quantitative estimate of drug-likeness (QED) is 0.767. The van der Waals surface area contributed by atoms with Gasteiger partial charge in [0.05, 0.1) is 12.1 Å². The lowest BCUT2D eigenvalue weighted by Crippen LogP contribution is -2.42. The minimum absolute atomic E-state index is 0.00113. The Morgan fingerprint density at radius 3 is 2.59 bits per heavy atom. The van der Waals surface area contributed by atoms with Crippen LogP contribution in [0.15, 0.2) is 0 Å². The predicted octanol–water partition coefficient (Wildman–Crippen LogP) is 0.622. The first-order chi connectivity index (χ1) is 8.28. The minimum atomic E-state index is -0.00113. The Labute approximate surface area is 103 Å². The smallest absolute Gasteiger partial charge is 0.239 e. The Kier molecular flexibility index (Phi) is 3.09. The van der Waals surface area contributed by atoms with Gasteiger partial charge in [-0.25, -0.2) is 0 Å². The highest BCUT2D eigenvalue weighted by atomic mass is 16.5. The molecule has 4 nitrogen and oxygen atoms in total. The van der Waals surface area contributed by atoms with E-state index < -0.39 is 0 Å². The van der Waals surface area contributed by atoms with Crippen molar-refractivity contribution in [3.05, 3.63) is 0 Å². The third-order valence-corrected chi connectivity index (χ3v) is 4.76. The molecule has 0 aromatic rings. The number of rotatable bonds is 2. The van der Waals surface area contributed by atoms with Crippen molar-refractivity contribution in [1.29, 1.82) is 0 Å². The summed E-state index contributed by atoms with van der Waals surface area (Å²) in [5.41, 5.74) is 0. The van der Waals surface area contributed by atoms with Crippen molar-refractivity contribution in [2.24, 2.45) is 11.8 Å². The molecule has 2 heterocycles. The van der Waals surface area contributed by atoms with E-state index >= 15 is 0 Å². The number of amides is 1. The largest absolute Gasteiger partial charge is 0.380 e. The number of hydrogen-bond donors (Lipinski definition) is 1. The number of carbonyl (C=O) groups is 1. The number of likely N-dealkylation sites (tertiary alicyclic amines) is 1. The second-order valence-electron chi connectivity index (χ2n) is 5.75. The highest BCUT2D eigenvalue weighted by Gasteiger charge is 2.41. The molecule has 3 aliphatic rings. The second-order valence-corrected chi connectivity index (χ2v) is 5.75. The van der Waals surface area contributed by atoms with Crippen molar-refractivity contribution in [3.63, 3.8) is 0 Å². The monoisotopic (exact) mass is 238 g/mol. The van der Waals surface area contributed by atoms with Gasteiger partial charge in [0.1, 0.15) is 0 Å². The van der Waals surface area contributed by atoms with Gasteiger partial charge in [0, 0.05) is 26.7 Å². The Morgan fingerprint density at radius 2 is 2.00 bits per heavy atom. The Balaban J connectivity index is 1.57. The summed E-state index contributed by atoms with van der Waals surface area (Å²) in [6.45, 7) is 2.81. The van der Waals surface area contributed by atoms with Gasteiger partial charge in [-0.2, -0.15) is 0 Å². The summed E-state index contributed by atoms with van der Waals surface area (Å²) >= 11 is 0. The summed E-state index contributed by atoms with van der Waals surface area (Å²) in [7, 11) is 1.72. The first-order valence-electron chi connectivity index (χ1n) is 6.83. The Morgan fingerprint density at radius 1 is 1.29 bits per heavy atom. The van der Waals surface area contributed by atoms with Crippen LogP contribution in [0.5, 0.6) is 0 Å². The number of nitrogens with zero attached hydrogens (tertiary/aromatic N) is 1. The molecule has 1 aliphatic carbocycles. The molecule has 4 heteroatoms. The van der Waals surface area contributed by atoms with Crippen LogP contribution in [-0.2, 0) is 9.53 Å². The van der Waals surface area contributed by atoms with E-state index in [4.69, 9.17) is 4.74 Å². The van der Waals surface area contributed by atoms with E-state index in [-0.39, 0.29) is 12.1 Å². The molecular formula is C13H22N2O2. The number of carbonyl (C=O) groups excluding carboxylic acids is 1. The van der Waals surface area contributed by atoms with E-state index in [2.05, 4.69) is 10.2 Å². The number of fused-ring (bicyclic) bond motifs is 1. The van der Waals surface area contributed by atoms with Gasteiger partial charge in [0.2, 0.25) is 5.91 Å². The molecule has 0 bridgehead atoms. The van der Waals surface area contributed by atoms with Crippen molar-refractivity contribution in [1.82, 2.24) is 10.2 Å². The maximum atomic E-state index is 12.3. The van der Waals surface area contributed by atoms with Crippen LogP contribution in [-0.4, -0.2) is 49.7 Å². The van der Waals surface area contributed by atoms with Gasteiger partial charge < -0.3 is 15.0 Å². The van der Waals surface area contributed by atoms with Crippen LogP contribution in [0.1, 0.15) is 25.7 Å². The highest BCUT2D eigenvalue weighted by molar-refractivity contribution is 5.82. The fourth-order valence-corrected chi connectivity index (χ4v) is 3.71. The van der Waals surface area contributed by atoms with Gasteiger partial charge in [-0.3, -0.25) is 4.79 Å². The van der Waals surface area contributed by atoms with E-state index in [0.717, 1.165) is 37.9 Å². The van der Waals surface area contributed by atoms with Crippen LogP contribution in [0.25, 0.3) is 0 Å². The lowest BCUT2D eigenvalue weighted by atomic mass is 10.0. The molecule has 0 radical (unpaired) electrons. The van der Waals surface area contributed by atoms with Gasteiger partial charge in [0.25, 0.3) is 0 Å². The summed E-state index contributed by atoms with van der Waals surface area (Å²) in [5, 5.41) is 3.28. The molecule has 1 amide bonds. The number of nitrogens with one attached hydrogen (secondary N) is 1. The SMILES string of the molecule is COC1CNC(C(=O)N2CC3CCCC3C2)C1. The molecule has 0 aromatic heterocycles. The fraction of sp³-hybridized carbons (Fsp3) is 0.923. The van der Waals surface area contributed by atoms with Gasteiger partial charge in [-0.15, -0.1) is 0 Å². The fourth-order valence-electron chi connectivity index (χ4n) is 3.71. The lowest BCUT2D eigenvalue weighted by molar-refractivity contribution is -0.132. The van der Waals surface area contributed by atoms with Crippen molar-refractivity contribution >= 4 is 5.91 Å². The summed E-state index contributed by atoms with van der Waals surface area (Å²) in [6.07, 6.45) is 5.07. The highest BCUT2D eigenvalue weighted by Crippen LogP contribution is 2.38. The third kappa shape index (κ3) is 2.08. The van der Waals surface area contributed by atoms with Crippen molar-refractivity contribution in [3.8, 4) is 0 Å². The number of ether oxygens (including phenoxy) is 1. The summed E-state index contributed by atoms with van der Waals surface area (Å²) in [4.78, 5) is 14.4. The summed E-state index contributed by atoms with van der Waals surface area (Å²) in [6, 6.07) is -0.00113. The van der Waals surface area contributed by atoms with E-state index in [1.165, 1.54) is 19.3 Å². The molecule has 17 heavy (non-hydrogen) atoms. The van der Waals surface area contributed by atoms with Crippen LogP contribution in [0.4, 0.5) is 0 Å². The van der Waals surface area contributed by atoms with Crippen LogP contribution in [0, 0.1) is 11.8 Å². The second kappa shape index (κ2) is 4.58. The molecule has 0 spiro atoms. The Bertz CT molecular complexity index is 296. The molecule has 2 saturated heterocycles. The summed E-state index contributed by atoms with van der Waals surface area (Å²) < 4.78 is 5.30. The maximum absolute atomic E-state index is 12.3. The molecule has 2 aliphatic heterocycles. The number of hydrogen-bond acceptors (Lipinski definition) is 3. The molecule has 4 atom stereocenters. The first-order valence-corrected chi connectivity index (χ1v) is 6.83. The van der Waals surface area contributed by atoms with Crippen molar-refractivity contribution in [2.75, 3.05) is 26.7 Å². The standard InChI is InChI=1S/C13H22N2O2/c1-17-11-5-12(14-6-11)13(16)15-7-9-3-2-4-10(9)8-15/h9-12,14H,2-8H2,1H3. The molecule has 3 rings (SSSR count). The average Bonchev–Trinajstić information content (AvgIpc) is 3.02. The predicted molar refractivity (Wildman–Crippen MR) is 64.6 cm³/mol. The maximum Gasteiger partial charge on any atom is 0.239 e. The van der Waals surface area contributed by atoms with Crippen LogP contribution in [0.3, 0.4) is 0 Å². The van der Waals surface area contributed by atoms with Crippen LogP contribution in [0.2, 0.25) is 0 Å². The molecule has 4 unspecified atom stereocenters. The average molecular weight is 238 g/mol. The van der Waals surface area contributed by atoms with Crippen LogP contribution < -0.4 is 5.32 Å². The normalized spacial score (nSPS) is 40.9. The van der Waals surface area contributed by atoms with E-state index in [9.17, 15) is 4.79 Å². The molecule has 3 fully saturated rings. The summed E-state index contributed by atoms with van der Waals surface area (Å²) in [5.74, 6) is 1.89. The zero-order chi connectivity index (χ0) is 11.8. The van der Waals surface area contributed by atoms with E-state index in [1.807, 2.05) is 0 Å². The van der Waals surface area contributed by atoms with Gasteiger partial charge in [-0.05, 0) is 31.1 Å². The van der Waals surface area contributed by atoms with Gasteiger partial charge >= 0.3 is 0 Å². The topological polar surface area (TPSA) is 41.6 Å². The number of methoxy groups -OCH3 is 1.